The molecule has 1 aliphatic rings. The zero-order valence-electron chi connectivity index (χ0n) is 13.3. The molecule has 1 fully saturated rings. The van der Waals surface area contributed by atoms with Gasteiger partial charge in [0, 0.05) is 5.82 Å². The van der Waals surface area contributed by atoms with Crippen molar-refractivity contribution in [1.82, 2.24) is 0 Å². The Labute approximate surface area is 126 Å². The zero-order chi connectivity index (χ0) is 15.8. The molecule has 21 heavy (non-hydrogen) atoms. The van der Waals surface area contributed by atoms with E-state index in [1.807, 2.05) is 58.9 Å². The second kappa shape index (κ2) is 5.46. The summed E-state index contributed by atoms with van der Waals surface area (Å²) in [5.41, 5.74) is 1.15. The molecule has 0 bridgehead atoms. The van der Waals surface area contributed by atoms with Crippen molar-refractivity contribution in [1.29, 1.82) is 0 Å². The molecule has 1 aromatic rings. The fraction of sp³-hybridized carbons (Fsp3) is 0.562. The van der Waals surface area contributed by atoms with Gasteiger partial charge in [0.2, 0.25) is 0 Å². The summed E-state index contributed by atoms with van der Waals surface area (Å²) >= 11 is 0. The molecule has 1 aliphatic heterocycles. The van der Waals surface area contributed by atoms with Gasteiger partial charge in [-0.2, -0.15) is 0 Å². The molecule has 2 rings (SSSR count). The van der Waals surface area contributed by atoms with Crippen LogP contribution < -0.4 is 0 Å². The van der Waals surface area contributed by atoms with Gasteiger partial charge in [-0.15, -0.1) is 0 Å². The van der Waals surface area contributed by atoms with E-state index in [1.54, 1.807) is 0 Å². The molecule has 1 unspecified atom stereocenters. The standard InChI is InChI=1S/C16H23BO4/c1-11-6-8-12(9-7-11)13(10-14(18)19)17-20-15(2,3)16(4,5)21-17/h6-9,13H,10H2,1-5H3,(H,18,19). The summed E-state index contributed by atoms with van der Waals surface area (Å²) in [7, 11) is -0.547. The van der Waals surface area contributed by atoms with Gasteiger partial charge in [-0.1, -0.05) is 29.8 Å². The second-order valence-corrected chi connectivity index (χ2v) is 6.74. The van der Waals surface area contributed by atoms with E-state index in [0.29, 0.717) is 0 Å². The maximum atomic E-state index is 11.2. The highest BCUT2D eigenvalue weighted by Gasteiger charge is 2.54. The first-order valence-corrected chi connectivity index (χ1v) is 7.26. The van der Waals surface area contributed by atoms with E-state index in [1.165, 1.54) is 0 Å². The topological polar surface area (TPSA) is 55.8 Å². The highest BCUT2D eigenvalue weighted by molar-refractivity contribution is 6.48. The molecular weight excluding hydrogens is 267 g/mol. The lowest BCUT2D eigenvalue weighted by Gasteiger charge is -2.32. The third kappa shape index (κ3) is 3.30. The summed E-state index contributed by atoms with van der Waals surface area (Å²) in [6, 6.07) is 7.87. The number of aliphatic carboxylic acids is 1. The largest absolute Gasteiger partial charge is 0.481 e. The van der Waals surface area contributed by atoms with Crippen molar-refractivity contribution in [2.45, 2.75) is 58.1 Å². The van der Waals surface area contributed by atoms with Crippen molar-refractivity contribution in [2.24, 2.45) is 0 Å². The van der Waals surface area contributed by atoms with E-state index >= 15 is 0 Å². The van der Waals surface area contributed by atoms with Gasteiger partial charge in [-0.05, 0) is 40.2 Å². The van der Waals surface area contributed by atoms with E-state index in [-0.39, 0.29) is 12.2 Å². The summed E-state index contributed by atoms with van der Waals surface area (Å²) in [5.74, 6) is -1.17. The maximum absolute atomic E-state index is 11.2. The minimum absolute atomic E-state index is 0.0140. The molecule has 0 aliphatic carbocycles. The third-order valence-corrected chi connectivity index (χ3v) is 4.50. The van der Waals surface area contributed by atoms with Crippen molar-refractivity contribution < 1.29 is 19.2 Å². The Balaban J connectivity index is 2.30. The summed E-state index contributed by atoms with van der Waals surface area (Å²) in [6.07, 6.45) is -0.0140. The van der Waals surface area contributed by atoms with Gasteiger partial charge in [0.05, 0.1) is 17.6 Å². The molecule has 1 atom stereocenters. The first-order chi connectivity index (χ1) is 9.62. The molecule has 0 spiro atoms. The maximum Gasteiger partial charge on any atom is 0.466 e. The smallest absolute Gasteiger partial charge is 0.466 e. The van der Waals surface area contributed by atoms with Crippen LogP contribution in [0.2, 0.25) is 0 Å². The molecule has 0 amide bonds. The van der Waals surface area contributed by atoms with Crippen LogP contribution in [0, 0.1) is 6.92 Å². The van der Waals surface area contributed by atoms with E-state index < -0.39 is 24.3 Å². The molecule has 0 aromatic heterocycles. The molecule has 114 valence electrons. The predicted molar refractivity (Wildman–Crippen MR) is 82.3 cm³/mol. The van der Waals surface area contributed by atoms with Gasteiger partial charge in [-0.3, -0.25) is 4.79 Å². The number of hydrogen-bond acceptors (Lipinski definition) is 3. The average molecular weight is 290 g/mol. The lowest BCUT2D eigenvalue weighted by Crippen LogP contribution is -2.41. The molecule has 1 heterocycles. The summed E-state index contributed by atoms with van der Waals surface area (Å²) < 4.78 is 12.1. The average Bonchev–Trinajstić information content (AvgIpc) is 2.56. The minimum atomic E-state index is -0.852. The summed E-state index contributed by atoms with van der Waals surface area (Å²) in [5, 5.41) is 9.21. The Morgan fingerprint density at radius 1 is 1.14 bits per heavy atom. The van der Waals surface area contributed by atoms with Crippen molar-refractivity contribution in [3.05, 3.63) is 35.4 Å². The van der Waals surface area contributed by atoms with Crippen molar-refractivity contribution >= 4 is 13.1 Å². The third-order valence-electron chi connectivity index (χ3n) is 4.50. The summed E-state index contributed by atoms with van der Waals surface area (Å²) in [6.45, 7) is 9.89. The Bertz CT molecular complexity index is 506. The minimum Gasteiger partial charge on any atom is -0.481 e. The molecule has 0 radical (unpaired) electrons. The number of hydrogen-bond donors (Lipinski definition) is 1. The summed E-state index contributed by atoms with van der Waals surface area (Å²) in [4.78, 5) is 11.2. The van der Waals surface area contributed by atoms with Crippen molar-refractivity contribution in [3.8, 4) is 0 Å². The molecule has 1 N–H and O–H groups in total. The van der Waals surface area contributed by atoms with E-state index in [2.05, 4.69) is 0 Å². The van der Waals surface area contributed by atoms with Crippen molar-refractivity contribution in [2.75, 3.05) is 0 Å². The molecule has 1 saturated heterocycles. The Hall–Kier alpha value is -1.33. The van der Waals surface area contributed by atoms with Gasteiger partial charge in [-0.25, -0.2) is 0 Å². The fourth-order valence-electron chi connectivity index (χ4n) is 2.43. The number of carboxylic acids is 1. The highest BCUT2D eigenvalue weighted by atomic mass is 16.7. The van der Waals surface area contributed by atoms with Gasteiger partial charge in [0.25, 0.3) is 0 Å². The normalized spacial score (nSPS) is 21.3. The SMILES string of the molecule is Cc1ccc(C(CC(=O)O)B2OC(C)(C)C(C)(C)O2)cc1. The first-order valence-electron chi connectivity index (χ1n) is 7.26. The Morgan fingerprint density at radius 2 is 1.62 bits per heavy atom. The van der Waals surface area contributed by atoms with E-state index in [4.69, 9.17) is 9.31 Å². The first kappa shape index (κ1) is 16.1. The lowest BCUT2D eigenvalue weighted by atomic mass is 9.66. The van der Waals surface area contributed by atoms with Crippen molar-refractivity contribution in [3.63, 3.8) is 0 Å². The molecule has 5 heteroatoms. The van der Waals surface area contributed by atoms with Crippen LogP contribution >= 0.6 is 0 Å². The Kier molecular flexibility index (Phi) is 4.18. The monoisotopic (exact) mass is 290 g/mol. The molecule has 1 aromatic carbocycles. The van der Waals surface area contributed by atoms with Crippen LogP contribution in [-0.4, -0.2) is 29.4 Å². The van der Waals surface area contributed by atoms with Crippen LogP contribution in [0.1, 0.15) is 51.1 Å². The quantitative estimate of drug-likeness (QED) is 0.865. The van der Waals surface area contributed by atoms with Crippen LogP contribution in [0.3, 0.4) is 0 Å². The number of rotatable bonds is 4. The van der Waals surface area contributed by atoms with Gasteiger partial charge in [0.15, 0.2) is 0 Å². The van der Waals surface area contributed by atoms with Crippen LogP contribution in [0.4, 0.5) is 0 Å². The number of benzene rings is 1. The van der Waals surface area contributed by atoms with Gasteiger partial charge < -0.3 is 14.4 Å². The highest BCUT2D eigenvalue weighted by Crippen LogP contribution is 2.41. The van der Waals surface area contributed by atoms with E-state index in [9.17, 15) is 9.90 Å². The molecule has 0 saturated carbocycles. The zero-order valence-corrected chi connectivity index (χ0v) is 13.3. The van der Waals surface area contributed by atoms with Crippen LogP contribution in [0.15, 0.2) is 24.3 Å². The number of aryl methyl sites for hydroxylation is 1. The second-order valence-electron chi connectivity index (χ2n) is 6.74. The van der Waals surface area contributed by atoms with Crippen LogP contribution in [-0.2, 0) is 14.1 Å². The molecular formula is C16H23BO4. The molecule has 4 nitrogen and oxygen atoms in total. The number of carboxylic acid groups (broad SMARTS) is 1. The van der Waals surface area contributed by atoms with Crippen LogP contribution in [0.5, 0.6) is 0 Å². The van der Waals surface area contributed by atoms with Gasteiger partial charge >= 0.3 is 13.1 Å². The predicted octanol–water partition coefficient (Wildman–Crippen LogP) is 3.18. The van der Waals surface area contributed by atoms with E-state index in [0.717, 1.165) is 11.1 Å². The van der Waals surface area contributed by atoms with Crippen LogP contribution in [0.25, 0.3) is 0 Å². The number of carbonyl (C=O) groups is 1. The fourth-order valence-corrected chi connectivity index (χ4v) is 2.43. The lowest BCUT2D eigenvalue weighted by molar-refractivity contribution is -0.137. The van der Waals surface area contributed by atoms with Gasteiger partial charge in [0.1, 0.15) is 0 Å². The Morgan fingerprint density at radius 3 is 2.05 bits per heavy atom.